The maximum absolute atomic E-state index is 14.0. The second-order valence-electron chi connectivity index (χ2n) is 5.08. The first-order valence-electron chi connectivity index (χ1n) is 6.99. The molecule has 21 heavy (non-hydrogen) atoms. The molecule has 0 fully saturated rings. The molecule has 5 heteroatoms. The molecule has 0 aliphatic heterocycles. The molecule has 112 valence electrons. The van der Waals surface area contributed by atoms with Crippen LogP contribution < -0.4 is 5.32 Å². The third kappa shape index (κ3) is 3.99. The number of benzene rings is 1. The minimum atomic E-state index is -0.276. The van der Waals surface area contributed by atoms with Gasteiger partial charge in [0.1, 0.15) is 5.82 Å². The number of hydrogen-bond donors (Lipinski definition) is 1. The van der Waals surface area contributed by atoms with Crippen molar-refractivity contribution >= 4 is 11.6 Å². The molecule has 0 spiro atoms. The number of nitrogens with zero attached hydrogens (tertiary/aromatic N) is 2. The van der Waals surface area contributed by atoms with E-state index in [1.807, 2.05) is 26.8 Å². The SMILES string of the molecule is CCNC(Cc1ccc(Cl)cc1F)c1cc(C)nnc1C. The van der Waals surface area contributed by atoms with Crippen molar-refractivity contribution in [3.63, 3.8) is 0 Å². The van der Waals surface area contributed by atoms with Crippen LogP contribution in [-0.2, 0) is 6.42 Å². The average Bonchev–Trinajstić information content (AvgIpc) is 2.44. The van der Waals surface area contributed by atoms with Gasteiger partial charge in [-0.2, -0.15) is 10.2 Å². The molecular weight excluding hydrogens is 289 g/mol. The molecule has 1 aromatic heterocycles. The summed E-state index contributed by atoms with van der Waals surface area (Å²) in [6, 6.07) is 6.80. The monoisotopic (exact) mass is 307 g/mol. The Morgan fingerprint density at radius 3 is 2.67 bits per heavy atom. The van der Waals surface area contributed by atoms with E-state index in [0.717, 1.165) is 23.5 Å². The van der Waals surface area contributed by atoms with Gasteiger partial charge in [0.2, 0.25) is 0 Å². The van der Waals surface area contributed by atoms with Crippen molar-refractivity contribution in [3.8, 4) is 0 Å². The molecule has 0 bridgehead atoms. The van der Waals surface area contributed by atoms with E-state index in [1.54, 1.807) is 12.1 Å². The molecular formula is C16H19ClFN3. The first-order chi connectivity index (χ1) is 10.0. The van der Waals surface area contributed by atoms with E-state index in [2.05, 4.69) is 15.5 Å². The summed E-state index contributed by atoms with van der Waals surface area (Å²) in [5, 5.41) is 12.0. The summed E-state index contributed by atoms with van der Waals surface area (Å²) in [5.41, 5.74) is 3.41. The van der Waals surface area contributed by atoms with Crippen molar-refractivity contribution in [1.29, 1.82) is 0 Å². The molecule has 1 aromatic carbocycles. The normalized spacial score (nSPS) is 12.4. The summed E-state index contributed by atoms with van der Waals surface area (Å²) >= 11 is 5.80. The number of aromatic nitrogens is 2. The fraction of sp³-hybridized carbons (Fsp3) is 0.375. The second-order valence-corrected chi connectivity index (χ2v) is 5.51. The summed E-state index contributed by atoms with van der Waals surface area (Å²) in [5.74, 6) is -0.276. The minimum absolute atomic E-state index is 0.000115. The van der Waals surface area contributed by atoms with Crippen molar-refractivity contribution in [2.24, 2.45) is 0 Å². The van der Waals surface area contributed by atoms with Gasteiger partial charge in [0, 0.05) is 11.1 Å². The van der Waals surface area contributed by atoms with E-state index in [-0.39, 0.29) is 11.9 Å². The van der Waals surface area contributed by atoms with Crippen molar-refractivity contribution in [3.05, 3.63) is 57.6 Å². The number of likely N-dealkylation sites (N-methyl/N-ethyl adjacent to an activating group) is 1. The lowest BCUT2D eigenvalue weighted by Crippen LogP contribution is -2.24. The van der Waals surface area contributed by atoms with E-state index in [9.17, 15) is 4.39 Å². The van der Waals surface area contributed by atoms with Crippen molar-refractivity contribution in [1.82, 2.24) is 15.5 Å². The van der Waals surface area contributed by atoms with E-state index in [0.29, 0.717) is 17.0 Å². The smallest absolute Gasteiger partial charge is 0.127 e. The molecule has 0 saturated heterocycles. The van der Waals surface area contributed by atoms with Gasteiger partial charge in [-0.05, 0) is 56.1 Å². The highest BCUT2D eigenvalue weighted by Gasteiger charge is 2.17. The molecule has 1 atom stereocenters. The summed E-state index contributed by atoms with van der Waals surface area (Å²) < 4.78 is 14.0. The average molecular weight is 308 g/mol. The van der Waals surface area contributed by atoms with Gasteiger partial charge >= 0.3 is 0 Å². The molecule has 3 nitrogen and oxygen atoms in total. The Labute approximate surface area is 129 Å². The van der Waals surface area contributed by atoms with Crippen LogP contribution in [0.15, 0.2) is 24.3 Å². The number of nitrogens with one attached hydrogen (secondary N) is 1. The highest BCUT2D eigenvalue weighted by atomic mass is 35.5. The Morgan fingerprint density at radius 1 is 1.24 bits per heavy atom. The number of halogens is 2. The van der Waals surface area contributed by atoms with Gasteiger partial charge in [0.25, 0.3) is 0 Å². The van der Waals surface area contributed by atoms with E-state index in [4.69, 9.17) is 11.6 Å². The molecule has 0 radical (unpaired) electrons. The van der Waals surface area contributed by atoms with Gasteiger partial charge in [0.05, 0.1) is 11.4 Å². The van der Waals surface area contributed by atoms with E-state index >= 15 is 0 Å². The van der Waals surface area contributed by atoms with Crippen molar-refractivity contribution < 1.29 is 4.39 Å². The first kappa shape index (κ1) is 15.9. The van der Waals surface area contributed by atoms with Crippen LogP contribution in [0.2, 0.25) is 5.02 Å². The standard InChI is InChI=1S/C16H19ClFN3/c1-4-19-16(14-7-10(2)20-21-11(14)3)8-12-5-6-13(17)9-15(12)18/h5-7,9,16,19H,4,8H2,1-3H3. The van der Waals surface area contributed by atoms with Gasteiger partial charge in [-0.3, -0.25) is 0 Å². The van der Waals surface area contributed by atoms with Crippen molar-refractivity contribution in [2.75, 3.05) is 6.54 Å². The van der Waals surface area contributed by atoms with Crippen LogP contribution in [0, 0.1) is 19.7 Å². The summed E-state index contributed by atoms with van der Waals surface area (Å²) in [6.45, 7) is 6.65. The lowest BCUT2D eigenvalue weighted by molar-refractivity contribution is 0.522. The van der Waals surface area contributed by atoms with Gasteiger partial charge in [-0.15, -0.1) is 0 Å². The Bertz CT molecular complexity index is 631. The minimum Gasteiger partial charge on any atom is -0.310 e. The van der Waals surface area contributed by atoms with Crippen LogP contribution >= 0.6 is 11.6 Å². The Hall–Kier alpha value is -1.52. The number of rotatable bonds is 5. The number of aryl methyl sites for hydroxylation is 2. The van der Waals surface area contributed by atoms with Gasteiger partial charge in [-0.25, -0.2) is 4.39 Å². The van der Waals surface area contributed by atoms with Crippen molar-refractivity contribution in [2.45, 2.75) is 33.2 Å². The highest BCUT2D eigenvalue weighted by Crippen LogP contribution is 2.24. The van der Waals surface area contributed by atoms with E-state index in [1.165, 1.54) is 6.07 Å². The molecule has 1 unspecified atom stereocenters. The maximum atomic E-state index is 14.0. The lowest BCUT2D eigenvalue weighted by Gasteiger charge is -2.20. The lowest BCUT2D eigenvalue weighted by atomic mass is 9.97. The summed E-state index contributed by atoms with van der Waals surface area (Å²) in [7, 11) is 0. The number of hydrogen-bond acceptors (Lipinski definition) is 3. The summed E-state index contributed by atoms with van der Waals surface area (Å²) in [4.78, 5) is 0. The molecule has 2 rings (SSSR count). The van der Waals surface area contributed by atoms with Crippen LogP contribution in [0.3, 0.4) is 0 Å². The summed E-state index contributed by atoms with van der Waals surface area (Å²) in [6.07, 6.45) is 0.544. The van der Waals surface area contributed by atoms with Crippen LogP contribution in [0.5, 0.6) is 0 Å². The van der Waals surface area contributed by atoms with Crippen LogP contribution in [-0.4, -0.2) is 16.7 Å². The first-order valence-corrected chi connectivity index (χ1v) is 7.37. The van der Waals surface area contributed by atoms with Crippen LogP contribution in [0.4, 0.5) is 4.39 Å². The van der Waals surface area contributed by atoms with Gasteiger partial charge in [0.15, 0.2) is 0 Å². The predicted molar refractivity (Wildman–Crippen MR) is 83.0 cm³/mol. The van der Waals surface area contributed by atoms with Gasteiger partial charge in [-0.1, -0.05) is 24.6 Å². The fourth-order valence-electron chi connectivity index (χ4n) is 2.37. The molecule has 0 saturated carbocycles. The zero-order valence-corrected chi connectivity index (χ0v) is 13.2. The predicted octanol–water partition coefficient (Wildman–Crippen LogP) is 3.78. The Morgan fingerprint density at radius 2 is 2.00 bits per heavy atom. The zero-order chi connectivity index (χ0) is 15.4. The van der Waals surface area contributed by atoms with E-state index < -0.39 is 0 Å². The zero-order valence-electron chi connectivity index (χ0n) is 12.5. The molecule has 0 aliphatic rings. The fourth-order valence-corrected chi connectivity index (χ4v) is 2.53. The highest BCUT2D eigenvalue weighted by molar-refractivity contribution is 6.30. The Balaban J connectivity index is 2.32. The molecule has 1 N–H and O–H groups in total. The third-order valence-electron chi connectivity index (χ3n) is 3.40. The van der Waals surface area contributed by atoms with Crippen LogP contribution in [0.1, 0.15) is 35.5 Å². The second kappa shape index (κ2) is 6.96. The molecule has 2 aromatic rings. The molecule has 1 heterocycles. The topological polar surface area (TPSA) is 37.8 Å². The molecule has 0 aliphatic carbocycles. The quantitative estimate of drug-likeness (QED) is 0.913. The largest absolute Gasteiger partial charge is 0.310 e. The molecule has 0 amide bonds. The maximum Gasteiger partial charge on any atom is 0.127 e. The van der Waals surface area contributed by atoms with Crippen LogP contribution in [0.25, 0.3) is 0 Å². The third-order valence-corrected chi connectivity index (χ3v) is 3.64. The van der Waals surface area contributed by atoms with Gasteiger partial charge < -0.3 is 5.32 Å². The Kier molecular flexibility index (Phi) is 5.26.